The predicted molar refractivity (Wildman–Crippen MR) is 82.0 cm³/mol. The molecule has 1 aliphatic heterocycles. The lowest BCUT2D eigenvalue weighted by atomic mass is 10.2. The van der Waals surface area contributed by atoms with E-state index in [0.717, 1.165) is 5.56 Å². The fraction of sp³-hybridized carbons (Fsp3) is 0.286. The number of aromatic nitrogens is 1. The van der Waals surface area contributed by atoms with Crippen molar-refractivity contribution in [2.24, 2.45) is 0 Å². The van der Waals surface area contributed by atoms with Crippen LogP contribution in [0.15, 0.2) is 29.6 Å². The highest BCUT2D eigenvalue weighted by Gasteiger charge is 2.29. The highest BCUT2D eigenvalue weighted by atomic mass is 32.2. The normalized spacial score (nSPS) is 20.0. The molecule has 1 amide bonds. The Balaban J connectivity index is 1.71. The minimum atomic E-state index is -3.03. The largest absolute Gasteiger partial charge is 0.347 e. The topological polar surface area (TPSA) is 76.1 Å². The molecule has 5 nitrogen and oxygen atoms in total. The van der Waals surface area contributed by atoms with Gasteiger partial charge in [0.15, 0.2) is 9.84 Å². The number of amides is 1. The number of hydrogen-bond donors (Lipinski definition) is 1. The molecule has 1 N–H and O–H groups in total. The molecule has 8 heteroatoms. The second kappa shape index (κ2) is 5.77. The number of sulfone groups is 1. The van der Waals surface area contributed by atoms with E-state index in [1.807, 2.05) is 0 Å². The molecular weight excluding hydrogens is 327 g/mol. The van der Waals surface area contributed by atoms with Gasteiger partial charge in [0.1, 0.15) is 16.5 Å². The molecule has 1 aliphatic rings. The molecule has 0 saturated carbocycles. The Bertz CT molecular complexity index is 800. The van der Waals surface area contributed by atoms with Gasteiger partial charge in [0.25, 0.3) is 5.91 Å². The number of rotatable bonds is 3. The van der Waals surface area contributed by atoms with Gasteiger partial charge in [0, 0.05) is 17.0 Å². The van der Waals surface area contributed by atoms with Crippen molar-refractivity contribution >= 4 is 27.1 Å². The highest BCUT2D eigenvalue weighted by Crippen LogP contribution is 2.24. The average Bonchev–Trinajstić information content (AvgIpc) is 3.06. The molecule has 1 aromatic carbocycles. The lowest BCUT2D eigenvalue weighted by Crippen LogP contribution is -2.35. The minimum Gasteiger partial charge on any atom is -0.347 e. The van der Waals surface area contributed by atoms with Crippen LogP contribution in [0, 0.1) is 5.82 Å². The number of nitrogens with zero attached hydrogens (tertiary/aromatic N) is 1. The van der Waals surface area contributed by atoms with E-state index in [4.69, 9.17) is 0 Å². The summed E-state index contributed by atoms with van der Waals surface area (Å²) < 4.78 is 35.7. The summed E-state index contributed by atoms with van der Waals surface area (Å²) in [6.45, 7) is 0. The van der Waals surface area contributed by atoms with Crippen molar-refractivity contribution in [1.82, 2.24) is 10.3 Å². The van der Waals surface area contributed by atoms with Crippen LogP contribution in [0.5, 0.6) is 0 Å². The quantitative estimate of drug-likeness (QED) is 0.925. The van der Waals surface area contributed by atoms with Crippen LogP contribution in [0.3, 0.4) is 0 Å². The third-order valence-electron chi connectivity index (χ3n) is 3.40. The molecule has 0 bridgehead atoms. The van der Waals surface area contributed by atoms with Crippen LogP contribution in [0.2, 0.25) is 0 Å². The lowest BCUT2D eigenvalue weighted by molar-refractivity contribution is 0.0937. The van der Waals surface area contributed by atoms with Gasteiger partial charge in [-0.3, -0.25) is 4.79 Å². The van der Waals surface area contributed by atoms with Gasteiger partial charge < -0.3 is 5.32 Å². The van der Waals surface area contributed by atoms with Gasteiger partial charge in [-0.2, -0.15) is 0 Å². The Morgan fingerprint density at radius 3 is 2.68 bits per heavy atom. The lowest BCUT2D eigenvalue weighted by Gasteiger charge is -2.08. The Kier molecular flexibility index (Phi) is 3.96. The third-order valence-corrected chi connectivity index (χ3v) is 6.05. The van der Waals surface area contributed by atoms with Gasteiger partial charge in [-0.05, 0) is 30.7 Å². The van der Waals surface area contributed by atoms with E-state index >= 15 is 0 Å². The summed E-state index contributed by atoms with van der Waals surface area (Å²) in [5, 5.41) is 4.91. The number of carbonyl (C=O) groups excluding carboxylic acids is 1. The summed E-state index contributed by atoms with van der Waals surface area (Å²) in [7, 11) is -3.03. The number of nitrogens with one attached hydrogen (secondary N) is 1. The molecule has 22 heavy (non-hydrogen) atoms. The zero-order valence-electron chi connectivity index (χ0n) is 11.5. The van der Waals surface area contributed by atoms with Crippen molar-refractivity contribution < 1.29 is 17.6 Å². The van der Waals surface area contributed by atoms with E-state index in [9.17, 15) is 17.6 Å². The molecule has 1 saturated heterocycles. The molecule has 2 aromatic rings. The molecule has 1 atom stereocenters. The Morgan fingerprint density at radius 2 is 2.05 bits per heavy atom. The molecule has 0 aliphatic carbocycles. The van der Waals surface area contributed by atoms with Gasteiger partial charge in [0.2, 0.25) is 0 Å². The fourth-order valence-corrected chi connectivity index (χ4v) is 4.75. The zero-order chi connectivity index (χ0) is 15.7. The first kappa shape index (κ1) is 15.1. The zero-order valence-corrected chi connectivity index (χ0v) is 13.1. The van der Waals surface area contributed by atoms with Crippen LogP contribution in [0.25, 0.3) is 10.6 Å². The molecule has 0 spiro atoms. The van der Waals surface area contributed by atoms with Crippen molar-refractivity contribution in [3.8, 4) is 10.6 Å². The van der Waals surface area contributed by atoms with Gasteiger partial charge in [0.05, 0.1) is 11.5 Å². The summed E-state index contributed by atoms with van der Waals surface area (Å²) in [5.41, 5.74) is 0.975. The molecule has 116 valence electrons. The van der Waals surface area contributed by atoms with Gasteiger partial charge in [-0.1, -0.05) is 0 Å². The van der Waals surface area contributed by atoms with Crippen LogP contribution in [0.1, 0.15) is 16.9 Å². The van der Waals surface area contributed by atoms with Crippen LogP contribution < -0.4 is 5.32 Å². The van der Waals surface area contributed by atoms with Crippen molar-refractivity contribution in [3.63, 3.8) is 0 Å². The maximum Gasteiger partial charge on any atom is 0.271 e. The van der Waals surface area contributed by atoms with E-state index in [0.29, 0.717) is 11.4 Å². The second-order valence-corrected chi connectivity index (χ2v) is 8.21. The number of carbonyl (C=O) groups is 1. The first-order valence-electron chi connectivity index (χ1n) is 6.66. The highest BCUT2D eigenvalue weighted by molar-refractivity contribution is 7.91. The van der Waals surface area contributed by atoms with Gasteiger partial charge >= 0.3 is 0 Å². The van der Waals surface area contributed by atoms with E-state index in [-0.39, 0.29) is 35.0 Å². The summed E-state index contributed by atoms with van der Waals surface area (Å²) >= 11 is 1.28. The number of hydrogen-bond acceptors (Lipinski definition) is 5. The second-order valence-electron chi connectivity index (χ2n) is 5.12. The molecule has 0 unspecified atom stereocenters. The van der Waals surface area contributed by atoms with Crippen molar-refractivity contribution in [2.75, 3.05) is 11.5 Å². The molecule has 1 aromatic heterocycles. The van der Waals surface area contributed by atoms with Gasteiger partial charge in [-0.25, -0.2) is 17.8 Å². The van der Waals surface area contributed by atoms with Crippen molar-refractivity contribution in [1.29, 1.82) is 0 Å². The summed E-state index contributed by atoms with van der Waals surface area (Å²) in [6, 6.07) is 5.51. The number of thiazole rings is 1. The molecule has 2 heterocycles. The van der Waals surface area contributed by atoms with E-state index in [1.54, 1.807) is 17.5 Å². The summed E-state index contributed by atoms with van der Waals surface area (Å²) in [5.74, 6) is -0.629. The van der Waals surface area contributed by atoms with Crippen molar-refractivity contribution in [3.05, 3.63) is 41.2 Å². The van der Waals surface area contributed by atoms with Crippen LogP contribution in [0.4, 0.5) is 4.39 Å². The first-order chi connectivity index (χ1) is 10.4. The Hall–Kier alpha value is -1.80. The first-order valence-corrected chi connectivity index (χ1v) is 9.36. The fourth-order valence-electron chi connectivity index (χ4n) is 2.27. The predicted octanol–water partition coefficient (Wildman–Crippen LogP) is 1.87. The van der Waals surface area contributed by atoms with Crippen LogP contribution in [-0.4, -0.2) is 36.9 Å². The summed E-state index contributed by atoms with van der Waals surface area (Å²) in [6.07, 6.45) is 0.434. The van der Waals surface area contributed by atoms with Crippen molar-refractivity contribution in [2.45, 2.75) is 12.5 Å². The Morgan fingerprint density at radius 1 is 1.32 bits per heavy atom. The standard InChI is InChI=1S/C14H13FN2O3S2/c15-10-3-1-9(2-4-10)14-17-12(7-21-14)13(18)16-11-5-6-22(19,20)8-11/h1-4,7,11H,5-6,8H2,(H,16,18)/t11-/m0/s1. The SMILES string of the molecule is O=C(N[C@H]1CCS(=O)(=O)C1)c1csc(-c2ccc(F)cc2)n1. The maximum atomic E-state index is 12.9. The summed E-state index contributed by atoms with van der Waals surface area (Å²) in [4.78, 5) is 16.3. The number of benzene rings is 1. The Labute approximate surface area is 131 Å². The van der Waals surface area contributed by atoms with E-state index in [2.05, 4.69) is 10.3 Å². The van der Waals surface area contributed by atoms with Crippen LogP contribution >= 0.6 is 11.3 Å². The molecule has 1 fully saturated rings. The maximum absolute atomic E-state index is 12.9. The molecule has 3 rings (SSSR count). The van der Waals surface area contributed by atoms with E-state index in [1.165, 1.54) is 23.5 Å². The van der Waals surface area contributed by atoms with Gasteiger partial charge in [-0.15, -0.1) is 11.3 Å². The minimum absolute atomic E-state index is 0.0201. The molecular formula is C14H13FN2O3S2. The van der Waals surface area contributed by atoms with E-state index < -0.39 is 9.84 Å². The van der Waals surface area contributed by atoms with Crippen LogP contribution in [-0.2, 0) is 9.84 Å². The number of halogens is 1. The average molecular weight is 340 g/mol. The smallest absolute Gasteiger partial charge is 0.271 e. The monoisotopic (exact) mass is 340 g/mol. The molecule has 0 radical (unpaired) electrons. The third kappa shape index (κ3) is 3.33.